The van der Waals surface area contributed by atoms with Gasteiger partial charge in [-0.1, -0.05) is 194 Å². The van der Waals surface area contributed by atoms with Crippen LogP contribution in [0.1, 0.15) is 232 Å². The molecule has 0 spiro atoms. The highest BCUT2D eigenvalue weighted by molar-refractivity contribution is 5.76. The standard InChI is InChI=1S/C46H94N4O2/c1-6-8-10-12-14-16-18-20-22-24-26-28-30-32-34-38-45(51)47-40-36-42-49(5)44-50(43-37-41-48(3)4)46(52)39-35-33-31-29-27-25-23-21-19-17-15-13-11-9-7-2/h6-44H2,1-5H3,(H,47,51). The van der Waals surface area contributed by atoms with E-state index in [1.807, 2.05) is 0 Å². The molecule has 0 aromatic rings. The molecule has 0 saturated heterocycles. The molecule has 0 saturated carbocycles. The van der Waals surface area contributed by atoms with Gasteiger partial charge in [-0.2, -0.15) is 0 Å². The van der Waals surface area contributed by atoms with Crippen molar-refractivity contribution < 1.29 is 9.59 Å². The van der Waals surface area contributed by atoms with Gasteiger partial charge >= 0.3 is 0 Å². The Morgan fingerprint density at radius 1 is 0.404 bits per heavy atom. The predicted molar refractivity (Wildman–Crippen MR) is 229 cm³/mol. The van der Waals surface area contributed by atoms with Crippen molar-refractivity contribution in [1.29, 1.82) is 0 Å². The van der Waals surface area contributed by atoms with Crippen LogP contribution in [-0.4, -0.2) is 80.5 Å². The lowest BCUT2D eigenvalue weighted by Gasteiger charge is -2.29. The molecule has 6 heteroatoms. The summed E-state index contributed by atoms with van der Waals surface area (Å²) in [5.74, 6) is 0.499. The largest absolute Gasteiger partial charge is 0.356 e. The van der Waals surface area contributed by atoms with Crippen molar-refractivity contribution in [3.05, 3.63) is 0 Å². The van der Waals surface area contributed by atoms with Crippen LogP contribution < -0.4 is 5.32 Å². The minimum absolute atomic E-state index is 0.196. The Morgan fingerprint density at radius 2 is 0.769 bits per heavy atom. The number of nitrogens with one attached hydrogen (secondary N) is 1. The van der Waals surface area contributed by atoms with Crippen LogP contribution in [-0.2, 0) is 9.59 Å². The first-order chi connectivity index (χ1) is 25.4. The van der Waals surface area contributed by atoms with E-state index in [2.05, 4.69) is 55.0 Å². The van der Waals surface area contributed by atoms with Gasteiger partial charge in [-0.3, -0.25) is 14.5 Å². The molecule has 0 unspecified atom stereocenters. The second kappa shape index (κ2) is 41.0. The van der Waals surface area contributed by atoms with E-state index in [-0.39, 0.29) is 5.91 Å². The molecule has 0 heterocycles. The maximum absolute atomic E-state index is 13.2. The summed E-state index contributed by atoms with van der Waals surface area (Å²) in [7, 11) is 6.31. The molecule has 310 valence electrons. The van der Waals surface area contributed by atoms with Crippen molar-refractivity contribution in [2.45, 2.75) is 232 Å². The van der Waals surface area contributed by atoms with Crippen LogP contribution in [0.3, 0.4) is 0 Å². The summed E-state index contributed by atoms with van der Waals surface area (Å²) in [5.41, 5.74) is 0. The van der Waals surface area contributed by atoms with Crippen LogP contribution in [0.5, 0.6) is 0 Å². The number of carbonyl (C=O) groups excluding carboxylic acids is 2. The quantitative estimate of drug-likeness (QED) is 0.0501. The lowest BCUT2D eigenvalue weighted by molar-refractivity contribution is -0.133. The van der Waals surface area contributed by atoms with Gasteiger partial charge in [0.1, 0.15) is 0 Å². The lowest BCUT2D eigenvalue weighted by Crippen LogP contribution is -2.42. The summed E-state index contributed by atoms with van der Waals surface area (Å²) in [6.07, 6.45) is 43.6. The lowest BCUT2D eigenvalue weighted by atomic mass is 10.0. The van der Waals surface area contributed by atoms with Gasteiger partial charge in [-0.05, 0) is 53.4 Å². The first-order valence-corrected chi connectivity index (χ1v) is 23.3. The summed E-state index contributed by atoms with van der Waals surface area (Å²) in [6.45, 7) is 8.67. The monoisotopic (exact) mass is 735 g/mol. The van der Waals surface area contributed by atoms with Gasteiger partial charge in [0.25, 0.3) is 0 Å². The molecule has 0 fully saturated rings. The van der Waals surface area contributed by atoms with Crippen molar-refractivity contribution in [3.63, 3.8) is 0 Å². The Balaban J connectivity index is 3.91. The maximum atomic E-state index is 13.2. The van der Waals surface area contributed by atoms with E-state index in [4.69, 9.17) is 0 Å². The van der Waals surface area contributed by atoms with Crippen LogP contribution in [0.2, 0.25) is 0 Å². The average Bonchev–Trinajstić information content (AvgIpc) is 3.12. The average molecular weight is 735 g/mol. The minimum Gasteiger partial charge on any atom is -0.356 e. The Hall–Kier alpha value is -1.14. The van der Waals surface area contributed by atoms with Gasteiger partial charge in [0.15, 0.2) is 0 Å². The van der Waals surface area contributed by atoms with Crippen LogP contribution in [0.4, 0.5) is 0 Å². The minimum atomic E-state index is 0.196. The number of nitrogens with zero attached hydrogens (tertiary/aromatic N) is 3. The summed E-state index contributed by atoms with van der Waals surface area (Å²) in [5, 5.41) is 3.13. The molecule has 0 aromatic carbocycles. The summed E-state index contributed by atoms with van der Waals surface area (Å²) in [4.78, 5) is 32.1. The Labute approximate surface area is 326 Å². The Kier molecular flexibility index (Phi) is 40.1. The number of unbranched alkanes of at least 4 members (excludes halogenated alkanes) is 28. The van der Waals surface area contributed by atoms with Gasteiger partial charge in [-0.25, -0.2) is 0 Å². The molecule has 0 aromatic heterocycles. The first kappa shape index (κ1) is 50.9. The second-order valence-corrected chi connectivity index (χ2v) is 16.6. The fraction of sp³-hybridized carbons (Fsp3) is 0.957. The van der Waals surface area contributed by atoms with Crippen molar-refractivity contribution in [2.75, 3.05) is 54.0 Å². The zero-order chi connectivity index (χ0) is 38.2. The molecule has 0 aliphatic carbocycles. The molecule has 0 bridgehead atoms. The summed E-state index contributed by atoms with van der Waals surface area (Å²) >= 11 is 0. The Bertz CT molecular complexity index is 746. The number of hydrogen-bond donors (Lipinski definition) is 1. The Morgan fingerprint density at radius 3 is 1.15 bits per heavy atom. The predicted octanol–water partition coefficient (Wildman–Crippen LogP) is 12.7. The highest BCUT2D eigenvalue weighted by Crippen LogP contribution is 2.16. The van der Waals surface area contributed by atoms with E-state index < -0.39 is 0 Å². The zero-order valence-electron chi connectivity index (χ0n) is 36.2. The van der Waals surface area contributed by atoms with Crippen molar-refractivity contribution >= 4 is 11.8 Å². The van der Waals surface area contributed by atoms with Gasteiger partial charge in [-0.15, -0.1) is 0 Å². The van der Waals surface area contributed by atoms with E-state index in [9.17, 15) is 9.59 Å². The van der Waals surface area contributed by atoms with E-state index >= 15 is 0 Å². The second-order valence-electron chi connectivity index (χ2n) is 16.6. The highest BCUT2D eigenvalue weighted by atomic mass is 16.2. The normalized spacial score (nSPS) is 11.6. The molecule has 0 aliphatic rings. The smallest absolute Gasteiger partial charge is 0.223 e. The molecular formula is C46H94N4O2. The van der Waals surface area contributed by atoms with Gasteiger partial charge in [0, 0.05) is 32.5 Å². The third-order valence-electron chi connectivity index (χ3n) is 10.8. The van der Waals surface area contributed by atoms with E-state index in [0.29, 0.717) is 25.4 Å². The third-order valence-corrected chi connectivity index (χ3v) is 10.8. The molecule has 0 radical (unpaired) electrons. The van der Waals surface area contributed by atoms with E-state index in [0.717, 1.165) is 51.9 Å². The molecular weight excluding hydrogens is 641 g/mol. The van der Waals surface area contributed by atoms with Crippen LogP contribution >= 0.6 is 0 Å². The van der Waals surface area contributed by atoms with Crippen LogP contribution in [0.25, 0.3) is 0 Å². The molecule has 52 heavy (non-hydrogen) atoms. The maximum Gasteiger partial charge on any atom is 0.223 e. The first-order valence-electron chi connectivity index (χ1n) is 23.3. The van der Waals surface area contributed by atoms with Crippen molar-refractivity contribution in [3.8, 4) is 0 Å². The summed E-state index contributed by atoms with van der Waals surface area (Å²) < 4.78 is 0. The molecule has 0 rings (SSSR count). The molecule has 1 N–H and O–H groups in total. The van der Waals surface area contributed by atoms with Gasteiger partial charge < -0.3 is 15.1 Å². The topological polar surface area (TPSA) is 55.9 Å². The van der Waals surface area contributed by atoms with Gasteiger partial charge in [0.2, 0.25) is 11.8 Å². The van der Waals surface area contributed by atoms with Crippen molar-refractivity contribution in [1.82, 2.24) is 20.0 Å². The van der Waals surface area contributed by atoms with E-state index in [1.54, 1.807) is 0 Å². The molecule has 0 atom stereocenters. The van der Waals surface area contributed by atoms with E-state index in [1.165, 1.54) is 180 Å². The fourth-order valence-corrected chi connectivity index (χ4v) is 7.34. The fourth-order valence-electron chi connectivity index (χ4n) is 7.34. The number of carbonyl (C=O) groups is 2. The van der Waals surface area contributed by atoms with Crippen molar-refractivity contribution in [2.24, 2.45) is 0 Å². The zero-order valence-corrected chi connectivity index (χ0v) is 36.2. The third kappa shape index (κ3) is 38.6. The molecule has 6 nitrogen and oxygen atoms in total. The highest BCUT2D eigenvalue weighted by Gasteiger charge is 2.15. The summed E-state index contributed by atoms with van der Waals surface area (Å²) in [6, 6.07) is 0. The van der Waals surface area contributed by atoms with Crippen LogP contribution in [0, 0.1) is 0 Å². The van der Waals surface area contributed by atoms with Gasteiger partial charge in [0.05, 0.1) is 6.67 Å². The number of rotatable bonds is 42. The number of hydrogen-bond acceptors (Lipinski definition) is 4. The molecule has 2 amide bonds. The number of amides is 2. The molecule has 0 aliphatic heterocycles. The van der Waals surface area contributed by atoms with Crippen LogP contribution in [0.15, 0.2) is 0 Å². The SMILES string of the molecule is CCCCCCCCCCCCCCCCCC(=O)NCCCN(C)CN(CCCN(C)C)C(=O)CCCCCCCCCCCCCCCCC.